The van der Waals surface area contributed by atoms with E-state index in [0.717, 1.165) is 50.2 Å². The number of carboxylic acid groups (broad SMARTS) is 1. The highest BCUT2D eigenvalue weighted by Crippen LogP contribution is 2.45. The first-order valence-electron chi connectivity index (χ1n) is 11.6. The van der Waals surface area contributed by atoms with Crippen molar-refractivity contribution in [2.75, 3.05) is 6.61 Å². The number of carbonyl (C=O) groups is 1. The molecule has 5 heteroatoms. The van der Waals surface area contributed by atoms with Crippen LogP contribution in [0.4, 0.5) is 4.39 Å². The van der Waals surface area contributed by atoms with Crippen molar-refractivity contribution in [2.45, 2.75) is 66.2 Å². The number of fused-ring (bicyclic) bond motifs is 1. The highest BCUT2D eigenvalue weighted by molar-refractivity contribution is 7.20. The maximum absolute atomic E-state index is 15.5. The van der Waals surface area contributed by atoms with Gasteiger partial charge in [-0.2, -0.15) is 0 Å². The van der Waals surface area contributed by atoms with Crippen LogP contribution in [0, 0.1) is 5.82 Å². The van der Waals surface area contributed by atoms with Gasteiger partial charge >= 0.3 is 5.97 Å². The summed E-state index contributed by atoms with van der Waals surface area (Å²) in [7, 11) is 0. The van der Waals surface area contributed by atoms with Gasteiger partial charge in [-0.1, -0.05) is 47.1 Å². The van der Waals surface area contributed by atoms with Crippen LogP contribution in [0.3, 0.4) is 0 Å². The molecule has 1 heterocycles. The molecule has 176 valence electrons. The first-order chi connectivity index (χ1) is 15.6. The number of halogens is 1. The van der Waals surface area contributed by atoms with Crippen molar-refractivity contribution >= 4 is 33.0 Å². The van der Waals surface area contributed by atoms with Crippen LogP contribution in [0.15, 0.2) is 36.4 Å². The van der Waals surface area contributed by atoms with Gasteiger partial charge in [0.2, 0.25) is 0 Å². The normalized spacial score (nSPS) is 12.2. The molecule has 0 aliphatic heterocycles. The Morgan fingerprint density at radius 1 is 1.15 bits per heavy atom. The van der Waals surface area contributed by atoms with Gasteiger partial charge in [-0.3, -0.25) is 0 Å². The molecule has 0 aliphatic rings. The first-order valence-corrected chi connectivity index (χ1v) is 12.4. The molecule has 0 aliphatic carbocycles. The van der Waals surface area contributed by atoms with Crippen molar-refractivity contribution in [2.24, 2.45) is 0 Å². The summed E-state index contributed by atoms with van der Waals surface area (Å²) in [5.74, 6) is -0.0382. The largest absolute Gasteiger partial charge is 0.493 e. The van der Waals surface area contributed by atoms with Gasteiger partial charge < -0.3 is 9.84 Å². The molecule has 33 heavy (non-hydrogen) atoms. The second kappa shape index (κ2) is 10.5. The minimum absolute atomic E-state index is 0.222. The zero-order valence-corrected chi connectivity index (χ0v) is 21.1. The number of hydrogen-bond donors (Lipinski definition) is 1. The summed E-state index contributed by atoms with van der Waals surface area (Å²) in [6.45, 7) is 13.0. The van der Waals surface area contributed by atoms with Crippen molar-refractivity contribution in [1.82, 2.24) is 0 Å². The van der Waals surface area contributed by atoms with Crippen LogP contribution >= 0.6 is 11.3 Å². The molecule has 0 amide bonds. The van der Waals surface area contributed by atoms with Crippen LogP contribution in [0.2, 0.25) is 0 Å². The van der Waals surface area contributed by atoms with Crippen LogP contribution in [-0.4, -0.2) is 17.7 Å². The van der Waals surface area contributed by atoms with Gasteiger partial charge in [0.25, 0.3) is 0 Å². The monoisotopic (exact) mass is 468 g/mol. The second-order valence-corrected chi connectivity index (χ2v) is 10.2. The standard InChI is InChI=1S/C28H33FO3S/c1-7-8-11-32-28-20(17(4)5)13-19(16(2)3)14-22(28)27-21-15-25(18(6)12-26(30)31)33-24(21)10-9-23(27)29/h9-10,12-17H,7-8,11H2,1-6H3,(H,30,31)/b18-12-. The second-order valence-electron chi connectivity index (χ2n) is 9.11. The van der Waals surface area contributed by atoms with Crippen molar-refractivity contribution in [1.29, 1.82) is 0 Å². The molecule has 0 atom stereocenters. The van der Waals surface area contributed by atoms with Gasteiger partial charge in [-0.25, -0.2) is 9.18 Å². The lowest BCUT2D eigenvalue weighted by Crippen LogP contribution is -2.05. The van der Waals surface area contributed by atoms with E-state index in [4.69, 9.17) is 9.84 Å². The van der Waals surface area contributed by atoms with Gasteiger partial charge in [-0.05, 0) is 66.1 Å². The number of rotatable bonds is 9. The number of aliphatic carboxylic acids is 1. The summed E-state index contributed by atoms with van der Waals surface area (Å²) in [5.41, 5.74) is 4.17. The number of benzene rings is 2. The predicted octanol–water partition coefficient (Wildman–Crippen LogP) is 8.62. The molecule has 0 saturated heterocycles. The maximum Gasteiger partial charge on any atom is 0.328 e. The van der Waals surface area contributed by atoms with E-state index in [1.165, 1.54) is 23.5 Å². The Hall–Kier alpha value is -2.66. The fraction of sp³-hybridized carbons (Fsp3) is 0.393. The number of ether oxygens (including phenoxy) is 1. The predicted molar refractivity (Wildman–Crippen MR) is 137 cm³/mol. The maximum atomic E-state index is 15.5. The third-order valence-electron chi connectivity index (χ3n) is 5.82. The fourth-order valence-corrected chi connectivity index (χ4v) is 4.95. The Kier molecular flexibility index (Phi) is 7.96. The molecular formula is C28H33FO3S. The molecule has 2 aromatic carbocycles. The smallest absolute Gasteiger partial charge is 0.328 e. The highest BCUT2D eigenvalue weighted by Gasteiger charge is 2.22. The van der Waals surface area contributed by atoms with E-state index in [9.17, 15) is 4.79 Å². The lowest BCUT2D eigenvalue weighted by atomic mass is 9.88. The molecule has 3 rings (SSSR count). The minimum Gasteiger partial charge on any atom is -0.493 e. The molecule has 0 radical (unpaired) electrons. The van der Waals surface area contributed by atoms with Crippen LogP contribution in [0.1, 0.15) is 82.2 Å². The molecule has 0 saturated carbocycles. The number of unbranched alkanes of at least 4 members (excludes halogenated alkanes) is 1. The Morgan fingerprint density at radius 2 is 1.88 bits per heavy atom. The molecule has 3 aromatic rings. The third-order valence-corrected chi connectivity index (χ3v) is 7.06. The fourth-order valence-electron chi connectivity index (χ4n) is 3.91. The average Bonchev–Trinajstić information content (AvgIpc) is 3.17. The Balaban J connectivity index is 2.33. The molecule has 1 aromatic heterocycles. The van der Waals surface area contributed by atoms with E-state index in [-0.39, 0.29) is 17.7 Å². The van der Waals surface area contributed by atoms with E-state index >= 15 is 4.39 Å². The van der Waals surface area contributed by atoms with Crippen molar-refractivity contribution in [3.8, 4) is 16.9 Å². The van der Waals surface area contributed by atoms with Crippen LogP contribution in [0.5, 0.6) is 5.75 Å². The molecule has 0 unspecified atom stereocenters. The van der Waals surface area contributed by atoms with E-state index in [2.05, 4.69) is 46.8 Å². The zero-order chi connectivity index (χ0) is 24.3. The summed E-state index contributed by atoms with van der Waals surface area (Å²) < 4.78 is 22.7. The van der Waals surface area contributed by atoms with Crippen LogP contribution in [-0.2, 0) is 4.79 Å². The van der Waals surface area contributed by atoms with Crippen molar-refractivity contribution in [3.05, 3.63) is 58.2 Å². The summed E-state index contributed by atoms with van der Waals surface area (Å²) in [5, 5.41) is 9.93. The highest BCUT2D eigenvalue weighted by atomic mass is 32.1. The van der Waals surface area contributed by atoms with Gasteiger partial charge in [0.1, 0.15) is 11.6 Å². The molecule has 1 N–H and O–H groups in total. The Bertz CT molecular complexity index is 1190. The molecule has 0 bridgehead atoms. The summed E-state index contributed by atoms with van der Waals surface area (Å²) >= 11 is 1.47. The van der Waals surface area contributed by atoms with E-state index in [0.29, 0.717) is 17.7 Å². The molecule has 0 fully saturated rings. The minimum atomic E-state index is -0.991. The van der Waals surface area contributed by atoms with Gasteiger partial charge in [0.05, 0.1) is 6.61 Å². The van der Waals surface area contributed by atoms with Gasteiger partial charge in [0, 0.05) is 32.2 Å². The SMILES string of the molecule is CCCCOc1c(-c2c(F)ccc3sc(/C(C)=C\C(=O)O)cc23)cc(C(C)C)cc1C(C)C. The van der Waals surface area contributed by atoms with Crippen molar-refractivity contribution < 1.29 is 19.0 Å². The Morgan fingerprint density at radius 3 is 2.48 bits per heavy atom. The molecule has 3 nitrogen and oxygen atoms in total. The van der Waals surface area contributed by atoms with Crippen LogP contribution < -0.4 is 4.74 Å². The van der Waals surface area contributed by atoms with E-state index in [1.807, 2.05) is 6.07 Å². The molecular weight excluding hydrogens is 435 g/mol. The van der Waals surface area contributed by atoms with E-state index in [1.54, 1.807) is 13.0 Å². The van der Waals surface area contributed by atoms with Crippen molar-refractivity contribution in [3.63, 3.8) is 0 Å². The van der Waals surface area contributed by atoms with Crippen LogP contribution in [0.25, 0.3) is 26.8 Å². The number of hydrogen-bond acceptors (Lipinski definition) is 3. The first kappa shape index (κ1) is 25.0. The number of thiophene rings is 1. The quantitative estimate of drug-likeness (QED) is 0.252. The summed E-state index contributed by atoms with van der Waals surface area (Å²) in [4.78, 5) is 12.0. The zero-order valence-electron chi connectivity index (χ0n) is 20.3. The summed E-state index contributed by atoms with van der Waals surface area (Å²) in [6.07, 6.45) is 3.14. The third kappa shape index (κ3) is 5.47. The lowest BCUT2D eigenvalue weighted by molar-refractivity contribution is -0.131. The molecule has 0 spiro atoms. The topological polar surface area (TPSA) is 46.5 Å². The summed E-state index contributed by atoms with van der Waals surface area (Å²) in [6, 6.07) is 9.43. The average molecular weight is 469 g/mol. The van der Waals surface area contributed by atoms with Gasteiger partial charge in [0.15, 0.2) is 0 Å². The number of allylic oxidation sites excluding steroid dienone is 1. The number of carboxylic acids is 1. The Labute approximate surface area is 199 Å². The van der Waals surface area contributed by atoms with Gasteiger partial charge in [-0.15, -0.1) is 11.3 Å². The van der Waals surface area contributed by atoms with E-state index < -0.39 is 5.97 Å². The lowest BCUT2D eigenvalue weighted by Gasteiger charge is -2.22.